The monoisotopic (exact) mass is 550 g/mol. The fraction of sp³-hybridized carbons (Fsp3) is 0.273. The van der Waals surface area contributed by atoms with Gasteiger partial charge in [-0.15, -0.1) is 0 Å². The van der Waals surface area contributed by atoms with Crippen LogP contribution in [-0.2, 0) is 12.8 Å². The van der Waals surface area contributed by atoms with E-state index in [4.69, 9.17) is 14.2 Å². The Morgan fingerprint density at radius 1 is 0.976 bits per heavy atom. The number of aryl methyl sites for hydroxylation is 2. The van der Waals surface area contributed by atoms with Crippen molar-refractivity contribution < 1.29 is 9.26 Å². The van der Waals surface area contributed by atoms with Gasteiger partial charge in [0, 0.05) is 17.5 Å². The van der Waals surface area contributed by atoms with Crippen molar-refractivity contribution in [3.8, 4) is 34.0 Å². The molecule has 1 unspecified atom stereocenters. The molecule has 0 aliphatic heterocycles. The molecule has 0 saturated heterocycles. The van der Waals surface area contributed by atoms with Gasteiger partial charge < -0.3 is 4.74 Å². The number of H-pyrrole nitrogens is 1. The Balaban J connectivity index is 1.58. The zero-order chi connectivity index (χ0) is 28.9. The van der Waals surface area contributed by atoms with Gasteiger partial charge in [0.15, 0.2) is 5.82 Å². The van der Waals surface area contributed by atoms with E-state index in [1.807, 2.05) is 86.6 Å². The molecule has 0 radical (unpaired) electrons. The van der Waals surface area contributed by atoms with Crippen molar-refractivity contribution in [2.75, 3.05) is 0 Å². The average Bonchev–Trinajstić information content (AvgIpc) is 3.42. The molecule has 8 heteroatoms. The predicted molar refractivity (Wildman–Crippen MR) is 160 cm³/mol. The van der Waals surface area contributed by atoms with E-state index < -0.39 is 5.76 Å². The molecule has 2 aromatic heterocycles. The highest BCUT2D eigenvalue weighted by Crippen LogP contribution is 2.31. The first kappa shape index (κ1) is 27.8. The number of hydrogen-bond acceptors (Lipinski definition) is 6. The summed E-state index contributed by atoms with van der Waals surface area (Å²) >= 11 is 0. The third-order valence-electron chi connectivity index (χ3n) is 7.17. The maximum atomic E-state index is 14.1. The minimum atomic E-state index is -0.624. The quantitative estimate of drug-likeness (QED) is 0.220. The zero-order valence-corrected chi connectivity index (χ0v) is 23.8. The van der Waals surface area contributed by atoms with E-state index in [1.165, 1.54) is 0 Å². The molecule has 0 fully saturated rings. The molecule has 5 aromatic rings. The fourth-order valence-electron chi connectivity index (χ4n) is 4.95. The minimum Gasteiger partial charge on any atom is -0.491 e. The van der Waals surface area contributed by atoms with Crippen molar-refractivity contribution in [3.63, 3.8) is 0 Å². The molecule has 210 valence electrons. The van der Waals surface area contributed by atoms with Gasteiger partial charge in [0.1, 0.15) is 11.6 Å². The molecule has 1 N–H and O–H groups in total. The summed E-state index contributed by atoms with van der Waals surface area (Å²) in [5.74, 6) is 1.11. The summed E-state index contributed by atoms with van der Waals surface area (Å²) in [7, 11) is 0. The first-order valence-corrected chi connectivity index (χ1v) is 14.0. The lowest BCUT2D eigenvalue weighted by Crippen LogP contribution is -2.28. The third-order valence-corrected chi connectivity index (χ3v) is 7.17. The van der Waals surface area contributed by atoms with Crippen molar-refractivity contribution >= 4 is 0 Å². The second-order valence-corrected chi connectivity index (χ2v) is 10.2. The Kier molecular flexibility index (Phi) is 8.29. The second kappa shape index (κ2) is 12.2. The summed E-state index contributed by atoms with van der Waals surface area (Å²) in [4.78, 5) is 33.4. The Labute approximate surface area is 238 Å². The lowest BCUT2D eigenvalue weighted by Gasteiger charge is -2.17. The molecule has 41 heavy (non-hydrogen) atoms. The largest absolute Gasteiger partial charge is 0.491 e. The number of nitrogens with one attached hydrogen (secondary N) is 1. The average molecular weight is 551 g/mol. The van der Waals surface area contributed by atoms with Gasteiger partial charge in [0.2, 0.25) is 0 Å². The van der Waals surface area contributed by atoms with Crippen LogP contribution in [-0.4, -0.2) is 25.8 Å². The lowest BCUT2D eigenvalue weighted by atomic mass is 9.94. The molecule has 2 heterocycles. The van der Waals surface area contributed by atoms with Crippen LogP contribution in [0.3, 0.4) is 0 Å². The topological polar surface area (TPSA) is 103 Å². The normalized spacial score (nSPS) is 11.9. The van der Waals surface area contributed by atoms with E-state index in [1.54, 1.807) is 4.57 Å². The molecule has 0 amide bonds. The first-order chi connectivity index (χ1) is 19.9. The molecular weight excluding hydrogens is 516 g/mol. The Bertz CT molecular complexity index is 1750. The standard InChI is InChI=1S/C33H34N4O4/c1-5-10-30-29(32(38)37(22(4)34-30)25-14-16-26(17-15-25)40-21(3)6-2)20-23-13-18-27(24-11-8-7-9-12-24)28(19-23)31-35-33(39)41-36-31/h7-9,11-19,21H,5-6,10,20H2,1-4H3,(H,35,36,39). The Morgan fingerprint density at radius 3 is 2.39 bits per heavy atom. The van der Waals surface area contributed by atoms with Gasteiger partial charge in [0.05, 0.1) is 17.5 Å². The third kappa shape index (κ3) is 6.06. The van der Waals surface area contributed by atoms with Crippen LogP contribution in [0.25, 0.3) is 28.2 Å². The molecule has 5 rings (SSSR count). The summed E-state index contributed by atoms with van der Waals surface area (Å²) in [5, 5.41) is 3.95. The van der Waals surface area contributed by atoms with Crippen LogP contribution in [0.2, 0.25) is 0 Å². The highest BCUT2D eigenvalue weighted by Gasteiger charge is 2.19. The molecule has 1 atom stereocenters. The maximum Gasteiger partial charge on any atom is 0.439 e. The van der Waals surface area contributed by atoms with Crippen molar-refractivity contribution in [2.45, 2.75) is 59.5 Å². The molecular formula is C33H34N4O4. The smallest absolute Gasteiger partial charge is 0.439 e. The molecule has 0 spiro atoms. The van der Waals surface area contributed by atoms with Crippen LogP contribution in [0.1, 0.15) is 56.3 Å². The number of aromatic nitrogens is 4. The van der Waals surface area contributed by atoms with E-state index >= 15 is 0 Å². The van der Waals surface area contributed by atoms with E-state index in [0.29, 0.717) is 35.6 Å². The molecule has 0 aliphatic carbocycles. The Hall–Kier alpha value is -4.72. The van der Waals surface area contributed by atoms with Gasteiger partial charge in [-0.25, -0.2) is 9.78 Å². The van der Waals surface area contributed by atoms with Crippen molar-refractivity contribution in [3.05, 3.63) is 116 Å². The Morgan fingerprint density at radius 2 is 1.73 bits per heavy atom. The van der Waals surface area contributed by atoms with Crippen molar-refractivity contribution in [1.82, 2.24) is 19.7 Å². The highest BCUT2D eigenvalue weighted by atomic mass is 16.5. The van der Waals surface area contributed by atoms with Gasteiger partial charge in [-0.3, -0.25) is 18.9 Å². The minimum absolute atomic E-state index is 0.0972. The number of hydrogen-bond donors (Lipinski definition) is 1. The molecule has 0 bridgehead atoms. The van der Waals surface area contributed by atoms with Crippen LogP contribution in [0.4, 0.5) is 0 Å². The van der Waals surface area contributed by atoms with E-state index in [-0.39, 0.29) is 11.7 Å². The summed E-state index contributed by atoms with van der Waals surface area (Å²) in [5.41, 5.74) is 5.56. The summed E-state index contributed by atoms with van der Waals surface area (Å²) in [6.07, 6.45) is 2.95. The number of nitrogens with zero attached hydrogens (tertiary/aromatic N) is 3. The number of ether oxygens (including phenoxy) is 1. The SMILES string of the molecule is CCCc1nc(C)n(-c2ccc(OC(C)CC)cc2)c(=O)c1Cc1ccc(-c2ccccc2)c(-c2noc(=O)[nH]2)c1. The summed E-state index contributed by atoms with van der Waals surface area (Å²) in [6, 6.07) is 23.4. The molecule has 0 aliphatic rings. The van der Waals surface area contributed by atoms with E-state index in [9.17, 15) is 9.59 Å². The van der Waals surface area contributed by atoms with Gasteiger partial charge in [0.25, 0.3) is 5.56 Å². The predicted octanol–water partition coefficient (Wildman–Crippen LogP) is 6.27. The van der Waals surface area contributed by atoms with E-state index in [2.05, 4.69) is 24.0 Å². The van der Waals surface area contributed by atoms with Crippen LogP contribution < -0.4 is 16.1 Å². The van der Waals surface area contributed by atoms with E-state index in [0.717, 1.165) is 46.7 Å². The lowest BCUT2D eigenvalue weighted by molar-refractivity contribution is 0.217. The maximum absolute atomic E-state index is 14.1. The molecule has 0 saturated carbocycles. The van der Waals surface area contributed by atoms with Crippen molar-refractivity contribution in [2.24, 2.45) is 0 Å². The van der Waals surface area contributed by atoms with Gasteiger partial charge >= 0.3 is 5.76 Å². The number of benzene rings is 3. The summed E-state index contributed by atoms with van der Waals surface area (Å²) < 4.78 is 12.4. The highest BCUT2D eigenvalue weighted by molar-refractivity contribution is 5.81. The van der Waals surface area contributed by atoms with Crippen LogP contribution >= 0.6 is 0 Å². The van der Waals surface area contributed by atoms with Gasteiger partial charge in [-0.05, 0) is 73.7 Å². The van der Waals surface area contributed by atoms with Crippen LogP contribution in [0.5, 0.6) is 5.75 Å². The summed E-state index contributed by atoms with van der Waals surface area (Å²) in [6.45, 7) is 8.05. The number of aromatic amines is 1. The molecule has 3 aromatic carbocycles. The molecule has 8 nitrogen and oxygen atoms in total. The second-order valence-electron chi connectivity index (χ2n) is 10.2. The van der Waals surface area contributed by atoms with Crippen molar-refractivity contribution in [1.29, 1.82) is 0 Å². The van der Waals surface area contributed by atoms with Crippen LogP contribution in [0.15, 0.2) is 86.9 Å². The number of rotatable bonds is 10. The van der Waals surface area contributed by atoms with Gasteiger partial charge in [-0.2, -0.15) is 0 Å². The first-order valence-electron chi connectivity index (χ1n) is 14.0. The fourth-order valence-corrected chi connectivity index (χ4v) is 4.95. The zero-order valence-electron chi connectivity index (χ0n) is 23.8. The van der Waals surface area contributed by atoms with Crippen LogP contribution in [0, 0.1) is 6.92 Å². The van der Waals surface area contributed by atoms with Gasteiger partial charge in [-0.1, -0.05) is 67.9 Å².